The van der Waals surface area contributed by atoms with E-state index in [1.807, 2.05) is 0 Å². The van der Waals surface area contributed by atoms with Crippen LogP contribution in [-0.4, -0.2) is 38.2 Å². The van der Waals surface area contributed by atoms with E-state index in [-0.39, 0.29) is 18.8 Å². The van der Waals surface area contributed by atoms with E-state index in [9.17, 15) is 9.59 Å². The number of carbonyl (C=O) groups excluding carboxylic acids is 2. The molecule has 1 N–H and O–H groups in total. The normalized spacial score (nSPS) is 15.7. The first-order valence-corrected chi connectivity index (χ1v) is 6.94. The first-order chi connectivity index (χ1) is 9.19. The maximum atomic E-state index is 11.7. The number of allylic oxidation sites excluding steroid dienone is 1. The summed E-state index contributed by atoms with van der Waals surface area (Å²) in [4.78, 5) is 23.5. The lowest BCUT2D eigenvalue weighted by molar-refractivity contribution is -0.146. The van der Waals surface area contributed by atoms with Crippen LogP contribution in [0.1, 0.15) is 33.1 Å². The summed E-state index contributed by atoms with van der Waals surface area (Å²) in [6.45, 7) is 5.92. The first kappa shape index (κ1) is 15.7. The SMILES string of the molecule is CCOC(=O)C(=CCC1CCNCC1)C(=O)OCC. The lowest BCUT2D eigenvalue weighted by Gasteiger charge is -2.21. The van der Waals surface area contributed by atoms with Crippen LogP contribution in [0.5, 0.6) is 0 Å². The Balaban J connectivity index is 2.64. The monoisotopic (exact) mass is 269 g/mol. The lowest BCUT2D eigenvalue weighted by atomic mass is 9.93. The largest absolute Gasteiger partial charge is 0.462 e. The Morgan fingerprint density at radius 3 is 2.11 bits per heavy atom. The molecule has 0 amide bonds. The van der Waals surface area contributed by atoms with E-state index in [1.165, 1.54) is 0 Å². The van der Waals surface area contributed by atoms with Crippen molar-refractivity contribution in [2.75, 3.05) is 26.3 Å². The smallest absolute Gasteiger partial charge is 0.345 e. The van der Waals surface area contributed by atoms with Crippen LogP contribution in [0.15, 0.2) is 11.6 Å². The van der Waals surface area contributed by atoms with Crippen molar-refractivity contribution in [2.45, 2.75) is 33.1 Å². The van der Waals surface area contributed by atoms with Crippen molar-refractivity contribution in [3.8, 4) is 0 Å². The minimum absolute atomic E-state index is 0.0298. The fourth-order valence-electron chi connectivity index (χ4n) is 2.07. The predicted octanol–water partition coefficient (Wildman–Crippen LogP) is 1.43. The van der Waals surface area contributed by atoms with E-state index < -0.39 is 11.9 Å². The van der Waals surface area contributed by atoms with Crippen LogP contribution in [0.4, 0.5) is 0 Å². The highest BCUT2D eigenvalue weighted by molar-refractivity contribution is 6.14. The minimum Gasteiger partial charge on any atom is -0.462 e. The zero-order valence-corrected chi connectivity index (χ0v) is 11.7. The summed E-state index contributed by atoms with van der Waals surface area (Å²) in [6.07, 6.45) is 4.52. The van der Waals surface area contributed by atoms with E-state index in [4.69, 9.17) is 9.47 Å². The van der Waals surface area contributed by atoms with Gasteiger partial charge >= 0.3 is 11.9 Å². The molecule has 1 aliphatic heterocycles. The quantitative estimate of drug-likeness (QED) is 0.342. The predicted molar refractivity (Wildman–Crippen MR) is 71.6 cm³/mol. The molecule has 0 aromatic rings. The van der Waals surface area contributed by atoms with Crippen LogP contribution in [0.25, 0.3) is 0 Å². The fourth-order valence-corrected chi connectivity index (χ4v) is 2.07. The Hall–Kier alpha value is -1.36. The lowest BCUT2D eigenvalue weighted by Crippen LogP contribution is -2.27. The van der Waals surface area contributed by atoms with Crippen molar-refractivity contribution in [1.82, 2.24) is 5.32 Å². The summed E-state index contributed by atoms with van der Waals surface area (Å²) in [7, 11) is 0. The van der Waals surface area contributed by atoms with E-state index in [0.29, 0.717) is 12.3 Å². The molecular weight excluding hydrogens is 246 g/mol. The van der Waals surface area contributed by atoms with Crippen LogP contribution in [0.3, 0.4) is 0 Å². The molecule has 0 aliphatic carbocycles. The Morgan fingerprint density at radius 2 is 1.63 bits per heavy atom. The van der Waals surface area contributed by atoms with Crippen LogP contribution >= 0.6 is 0 Å². The molecule has 19 heavy (non-hydrogen) atoms. The summed E-state index contributed by atoms with van der Waals surface area (Å²) < 4.78 is 9.78. The molecule has 0 unspecified atom stereocenters. The standard InChI is InChI=1S/C14H23NO4/c1-3-18-13(16)12(14(17)19-4-2)6-5-11-7-9-15-10-8-11/h6,11,15H,3-5,7-10H2,1-2H3. The van der Waals surface area contributed by atoms with Gasteiger partial charge in [0.25, 0.3) is 0 Å². The van der Waals surface area contributed by atoms with Gasteiger partial charge in [0.1, 0.15) is 5.57 Å². The number of hydrogen-bond donors (Lipinski definition) is 1. The average Bonchev–Trinajstić information content (AvgIpc) is 2.41. The van der Waals surface area contributed by atoms with Crippen molar-refractivity contribution >= 4 is 11.9 Å². The molecule has 0 saturated carbocycles. The highest BCUT2D eigenvalue weighted by Gasteiger charge is 2.21. The van der Waals surface area contributed by atoms with Gasteiger partial charge in [0, 0.05) is 0 Å². The summed E-state index contributed by atoms with van der Waals surface area (Å²) in [6, 6.07) is 0. The fraction of sp³-hybridized carbons (Fsp3) is 0.714. The van der Waals surface area contributed by atoms with Crippen molar-refractivity contribution in [2.24, 2.45) is 5.92 Å². The number of rotatable bonds is 6. The molecule has 1 saturated heterocycles. The molecule has 0 aromatic heterocycles. The summed E-state index contributed by atoms with van der Waals surface area (Å²) in [5.41, 5.74) is 0.0298. The third-order valence-electron chi connectivity index (χ3n) is 3.10. The third-order valence-corrected chi connectivity index (χ3v) is 3.10. The van der Waals surface area contributed by atoms with Gasteiger partial charge in [0.05, 0.1) is 13.2 Å². The summed E-state index contributed by atoms with van der Waals surface area (Å²) >= 11 is 0. The van der Waals surface area contributed by atoms with Crippen molar-refractivity contribution in [3.05, 3.63) is 11.6 Å². The van der Waals surface area contributed by atoms with E-state index >= 15 is 0 Å². The number of ether oxygens (including phenoxy) is 2. The first-order valence-electron chi connectivity index (χ1n) is 6.94. The van der Waals surface area contributed by atoms with Gasteiger partial charge in [-0.25, -0.2) is 9.59 Å². The molecule has 0 spiro atoms. The van der Waals surface area contributed by atoms with Gasteiger partial charge in [0.2, 0.25) is 0 Å². The van der Waals surface area contributed by atoms with Gasteiger partial charge in [-0.05, 0) is 52.1 Å². The molecule has 108 valence electrons. The zero-order valence-electron chi connectivity index (χ0n) is 11.7. The minimum atomic E-state index is -0.588. The number of nitrogens with one attached hydrogen (secondary N) is 1. The highest BCUT2D eigenvalue weighted by Crippen LogP contribution is 2.18. The third kappa shape index (κ3) is 5.42. The molecular formula is C14H23NO4. The molecule has 0 radical (unpaired) electrons. The Labute approximate surface area is 114 Å². The van der Waals surface area contributed by atoms with Gasteiger partial charge in [-0.2, -0.15) is 0 Å². The van der Waals surface area contributed by atoms with Gasteiger partial charge < -0.3 is 14.8 Å². The van der Waals surface area contributed by atoms with E-state index in [2.05, 4.69) is 5.32 Å². The van der Waals surface area contributed by atoms with Crippen LogP contribution in [-0.2, 0) is 19.1 Å². The molecule has 1 heterocycles. The van der Waals surface area contributed by atoms with E-state index in [0.717, 1.165) is 25.9 Å². The second-order valence-electron chi connectivity index (χ2n) is 4.49. The number of esters is 2. The Bertz CT molecular complexity index is 312. The van der Waals surface area contributed by atoms with Crippen LogP contribution in [0, 0.1) is 5.92 Å². The van der Waals surface area contributed by atoms with Crippen LogP contribution in [0.2, 0.25) is 0 Å². The Morgan fingerprint density at radius 1 is 1.11 bits per heavy atom. The maximum Gasteiger partial charge on any atom is 0.345 e. The second-order valence-corrected chi connectivity index (χ2v) is 4.49. The summed E-state index contributed by atoms with van der Waals surface area (Å²) in [5, 5.41) is 3.28. The van der Waals surface area contributed by atoms with Crippen molar-refractivity contribution in [1.29, 1.82) is 0 Å². The topological polar surface area (TPSA) is 64.6 Å². The van der Waals surface area contributed by atoms with Crippen molar-refractivity contribution in [3.63, 3.8) is 0 Å². The van der Waals surface area contributed by atoms with Gasteiger partial charge in [-0.3, -0.25) is 0 Å². The molecule has 5 nitrogen and oxygen atoms in total. The highest BCUT2D eigenvalue weighted by atomic mass is 16.6. The molecule has 0 bridgehead atoms. The molecule has 5 heteroatoms. The van der Waals surface area contributed by atoms with Gasteiger partial charge in [-0.15, -0.1) is 0 Å². The second kappa shape index (κ2) is 8.69. The number of hydrogen-bond acceptors (Lipinski definition) is 5. The maximum absolute atomic E-state index is 11.7. The van der Waals surface area contributed by atoms with Crippen LogP contribution < -0.4 is 5.32 Å². The average molecular weight is 269 g/mol. The molecule has 1 rings (SSSR count). The molecule has 1 fully saturated rings. The zero-order chi connectivity index (χ0) is 14.1. The number of carbonyl (C=O) groups is 2. The number of piperidine rings is 1. The Kier molecular flexibility index (Phi) is 7.18. The van der Waals surface area contributed by atoms with Crippen molar-refractivity contribution < 1.29 is 19.1 Å². The van der Waals surface area contributed by atoms with Gasteiger partial charge in [-0.1, -0.05) is 6.08 Å². The van der Waals surface area contributed by atoms with E-state index in [1.54, 1.807) is 19.9 Å². The summed E-state index contributed by atoms with van der Waals surface area (Å²) in [5.74, 6) is -0.662. The molecule has 0 aromatic carbocycles. The molecule has 1 aliphatic rings. The van der Waals surface area contributed by atoms with Gasteiger partial charge in [0.15, 0.2) is 0 Å². The molecule has 0 atom stereocenters.